The molecule has 8 nitrogen and oxygen atoms in total. The van der Waals surface area contributed by atoms with Crippen molar-refractivity contribution in [1.82, 2.24) is 0 Å². The summed E-state index contributed by atoms with van der Waals surface area (Å²) < 4.78 is 28.1. The fourth-order valence-electron chi connectivity index (χ4n) is 9.37. The molecule has 8 aromatic rings. The average Bonchev–Trinajstić information content (AvgIpc) is 3.61. The van der Waals surface area contributed by atoms with Crippen molar-refractivity contribution in [3.8, 4) is 23.0 Å². The van der Waals surface area contributed by atoms with Gasteiger partial charge in [0.05, 0.1) is 22.3 Å². The quantitative estimate of drug-likeness (QED) is 0.0320. The molecule has 85 heavy (non-hydrogen) atoms. The fraction of sp³-hybridized carbons (Fsp3) is 0.273. The third-order valence-corrected chi connectivity index (χ3v) is 14.2. The van der Waals surface area contributed by atoms with Crippen LogP contribution in [-0.2, 0) is 0 Å². The molecular formula is C77H80N4O4. The van der Waals surface area contributed by atoms with E-state index in [4.69, 9.17) is 33.9 Å². The summed E-state index contributed by atoms with van der Waals surface area (Å²) in [7, 11) is 0. The largest absolute Gasteiger partial charge is 0.490 e. The van der Waals surface area contributed by atoms with Crippen LogP contribution in [0.25, 0.3) is 22.3 Å². The van der Waals surface area contributed by atoms with Gasteiger partial charge in [0, 0.05) is 26.2 Å². The molecular weight excluding hydrogens is 1040 g/mol. The van der Waals surface area contributed by atoms with E-state index in [-0.39, 0.29) is 6.61 Å². The highest BCUT2D eigenvalue weighted by Crippen LogP contribution is 2.31. The van der Waals surface area contributed by atoms with Crippen molar-refractivity contribution in [3.05, 3.63) is 263 Å². The summed E-state index contributed by atoms with van der Waals surface area (Å²) >= 11 is 0. The number of benzene rings is 8. The minimum Gasteiger partial charge on any atom is -0.490 e. The number of hydrogen-bond donors (Lipinski definition) is 0. The van der Waals surface area contributed by atoms with Crippen LogP contribution >= 0.6 is 0 Å². The van der Waals surface area contributed by atoms with E-state index >= 15 is 0 Å². The molecule has 8 aromatic carbocycles. The van der Waals surface area contributed by atoms with Crippen molar-refractivity contribution >= 4 is 45.8 Å². The topological polar surface area (TPSA) is 86.4 Å². The first-order valence-electron chi connectivity index (χ1n) is 30.4. The molecule has 0 saturated heterocycles. The Morgan fingerprint density at radius 1 is 0.318 bits per heavy atom. The van der Waals surface area contributed by atoms with Gasteiger partial charge in [0.1, 0.15) is 35.7 Å². The molecule has 8 rings (SSSR count). The minimum atomic E-state index is -0.730. The van der Waals surface area contributed by atoms with E-state index in [1.54, 1.807) is 0 Å². The van der Waals surface area contributed by atoms with Crippen LogP contribution in [0.5, 0.6) is 23.0 Å². The zero-order valence-corrected chi connectivity index (χ0v) is 50.1. The van der Waals surface area contributed by atoms with Gasteiger partial charge in [0.2, 0.25) is 0 Å². The molecule has 432 valence electrons. The van der Waals surface area contributed by atoms with Gasteiger partial charge in [-0.15, -0.1) is 0 Å². The molecule has 0 heterocycles. The van der Waals surface area contributed by atoms with E-state index in [2.05, 4.69) is 153 Å². The van der Waals surface area contributed by atoms with Crippen LogP contribution in [0.1, 0.15) is 130 Å². The lowest BCUT2D eigenvalue weighted by atomic mass is 9.99. The molecule has 0 radical (unpaired) electrons. The van der Waals surface area contributed by atoms with E-state index in [0.717, 1.165) is 131 Å². The molecule has 8 heteroatoms. The first-order chi connectivity index (χ1) is 41.9. The lowest BCUT2D eigenvalue weighted by Gasteiger charge is -2.33. The summed E-state index contributed by atoms with van der Waals surface area (Å²) in [4.78, 5) is 18.8. The highest BCUT2D eigenvalue weighted by molar-refractivity contribution is 6.01. The number of hydrogen-bond acceptors (Lipinski definition) is 8. The van der Waals surface area contributed by atoms with Crippen LogP contribution < -0.4 is 18.9 Å². The second-order valence-corrected chi connectivity index (χ2v) is 20.8. The van der Waals surface area contributed by atoms with Crippen molar-refractivity contribution < 1.29 is 18.9 Å². The summed E-state index contributed by atoms with van der Waals surface area (Å²) in [6.45, 7) is 13.7. The van der Waals surface area contributed by atoms with E-state index in [1.807, 2.05) is 128 Å². The van der Waals surface area contributed by atoms with Crippen LogP contribution in [0, 0.1) is 0 Å². The molecule has 0 bridgehead atoms. The van der Waals surface area contributed by atoms with Crippen LogP contribution in [-0.4, -0.2) is 74.6 Å². The lowest BCUT2D eigenvalue weighted by molar-refractivity contribution is -0.0321. The predicted octanol–water partition coefficient (Wildman–Crippen LogP) is 18.0. The van der Waals surface area contributed by atoms with Gasteiger partial charge in [0.15, 0.2) is 12.2 Å². The van der Waals surface area contributed by atoms with Crippen molar-refractivity contribution in [2.24, 2.45) is 20.0 Å². The summed E-state index contributed by atoms with van der Waals surface area (Å²) in [5, 5.41) is 0. The molecule has 0 aliphatic rings. The Labute approximate surface area is 505 Å². The maximum absolute atomic E-state index is 7.19. The van der Waals surface area contributed by atoms with Gasteiger partial charge in [-0.25, -0.2) is 20.0 Å². The molecule has 0 amide bonds. The highest BCUT2D eigenvalue weighted by Gasteiger charge is 2.34. The Kier molecular flexibility index (Phi) is 25.0. The van der Waals surface area contributed by atoms with Crippen LogP contribution in [0.3, 0.4) is 0 Å². The number of aliphatic imine (C=N–C) groups is 4. The monoisotopic (exact) mass is 1120 g/mol. The van der Waals surface area contributed by atoms with Gasteiger partial charge < -0.3 is 18.9 Å². The SMILES string of the molecule is CCCCN=C=C(c1ccccc1)c1ccc(OCC(Oc2ccc(C(=C=NCCCC)c3ccccc3)cc2)C(Oc2ccc(C(=C=NCCCC)c3ccccc3)cc2)C(C)Oc2ccc(C(=C=NCCCC)c3ccccc3)cc2)cc1. The summed E-state index contributed by atoms with van der Waals surface area (Å²) in [6, 6.07) is 73.6. The number of nitrogens with zero attached hydrogens (tertiary/aromatic N) is 4. The third-order valence-electron chi connectivity index (χ3n) is 14.2. The first kappa shape index (κ1) is 61.8. The van der Waals surface area contributed by atoms with Gasteiger partial charge in [0.25, 0.3) is 0 Å². The number of unbranched alkanes of at least 4 members (excludes halogenated alkanes) is 4. The van der Waals surface area contributed by atoms with Gasteiger partial charge in [-0.2, -0.15) is 0 Å². The molecule has 0 fully saturated rings. The van der Waals surface area contributed by atoms with Crippen molar-refractivity contribution in [3.63, 3.8) is 0 Å². The normalized spacial score (nSPS) is 11.6. The second-order valence-electron chi connectivity index (χ2n) is 20.8. The minimum absolute atomic E-state index is 0.104. The Morgan fingerprint density at radius 3 is 0.871 bits per heavy atom. The van der Waals surface area contributed by atoms with Crippen LogP contribution in [0.4, 0.5) is 0 Å². The molecule has 3 atom stereocenters. The lowest BCUT2D eigenvalue weighted by Crippen LogP contribution is -2.49. The third kappa shape index (κ3) is 19.2. The summed E-state index contributed by atoms with van der Waals surface area (Å²) in [6.07, 6.45) is 6.22. The van der Waals surface area contributed by atoms with Crippen LogP contribution in [0.2, 0.25) is 0 Å². The maximum atomic E-state index is 7.19. The molecule has 0 aliphatic heterocycles. The van der Waals surface area contributed by atoms with Gasteiger partial charge in [-0.3, -0.25) is 0 Å². The Bertz CT molecular complexity index is 3540. The fourth-order valence-corrected chi connectivity index (χ4v) is 9.37. The zero-order valence-electron chi connectivity index (χ0n) is 50.1. The smallest absolute Gasteiger partial charge is 0.175 e. The summed E-state index contributed by atoms with van der Waals surface area (Å²) in [5.74, 6) is 16.1. The Balaban J connectivity index is 1.17. The van der Waals surface area contributed by atoms with Crippen LogP contribution in [0.15, 0.2) is 238 Å². The standard InChI is InChI=1S/C77H80N4O4/c1-6-10-50-78-54-72(60-26-18-14-19-27-60)64-34-42-68(43-35-64)82-58-76(84-70-46-38-66(39-47-70)74(56-80-52-12-8-3)62-30-22-16-23-31-62)77(85-71-48-40-67(41-49-71)75(57-81-53-13-9-4)63-32-24-17-25-33-63)59(5)83-69-44-36-65(37-45-69)73(55-79-51-11-7-2)61-28-20-15-21-29-61/h14-49,59,76-77H,6-13,50-53,58H2,1-5H3. The summed E-state index contributed by atoms with van der Waals surface area (Å²) in [5.41, 5.74) is 11.7. The van der Waals surface area contributed by atoms with Crippen molar-refractivity contribution in [1.29, 1.82) is 0 Å². The Morgan fingerprint density at radius 2 is 0.576 bits per heavy atom. The first-order valence-corrected chi connectivity index (χ1v) is 30.4. The van der Waals surface area contributed by atoms with Crippen molar-refractivity contribution in [2.45, 2.75) is 104 Å². The zero-order chi connectivity index (χ0) is 59.1. The molecule has 3 unspecified atom stereocenters. The van der Waals surface area contributed by atoms with Crippen molar-refractivity contribution in [2.75, 3.05) is 32.8 Å². The van der Waals surface area contributed by atoms with E-state index in [9.17, 15) is 0 Å². The van der Waals surface area contributed by atoms with E-state index in [1.165, 1.54) is 0 Å². The second kappa shape index (κ2) is 34.4. The number of rotatable bonds is 31. The van der Waals surface area contributed by atoms with Gasteiger partial charge >= 0.3 is 0 Å². The number of ether oxygens (including phenoxy) is 4. The van der Waals surface area contributed by atoms with Gasteiger partial charge in [-0.1, -0.05) is 175 Å². The average molecular weight is 1130 g/mol. The Hall–Kier alpha value is -9.24. The highest BCUT2D eigenvalue weighted by atomic mass is 16.6. The molecule has 0 spiro atoms. The maximum Gasteiger partial charge on any atom is 0.175 e. The van der Waals surface area contributed by atoms with E-state index in [0.29, 0.717) is 36.1 Å². The molecule has 0 aliphatic carbocycles. The molecule has 0 aromatic heterocycles. The van der Waals surface area contributed by atoms with E-state index < -0.39 is 18.3 Å². The van der Waals surface area contributed by atoms with Gasteiger partial charge in [-0.05, 0) is 198 Å². The predicted molar refractivity (Wildman–Crippen MR) is 355 cm³/mol. The molecule has 0 saturated carbocycles. The molecule has 0 N–H and O–H groups in total.